The van der Waals surface area contributed by atoms with E-state index in [2.05, 4.69) is 10.1 Å². The second-order valence-electron chi connectivity index (χ2n) is 5.55. The van der Waals surface area contributed by atoms with Crippen LogP contribution < -0.4 is 5.73 Å². The van der Waals surface area contributed by atoms with Gasteiger partial charge in [-0.3, -0.25) is 4.79 Å². The van der Waals surface area contributed by atoms with Crippen molar-refractivity contribution in [3.8, 4) is 11.8 Å². The molecular formula is C19H13N5O. The predicted molar refractivity (Wildman–Crippen MR) is 94.4 cm³/mol. The van der Waals surface area contributed by atoms with Gasteiger partial charge in [0, 0.05) is 22.7 Å². The summed E-state index contributed by atoms with van der Waals surface area (Å²) in [4.78, 5) is 16.0. The Morgan fingerprint density at radius 2 is 1.84 bits per heavy atom. The van der Waals surface area contributed by atoms with Gasteiger partial charge in [-0.05, 0) is 18.2 Å². The van der Waals surface area contributed by atoms with E-state index in [1.807, 2.05) is 48.5 Å². The second-order valence-corrected chi connectivity index (χ2v) is 5.55. The molecule has 0 saturated heterocycles. The number of hydrogen-bond acceptors (Lipinski definition) is 4. The summed E-state index contributed by atoms with van der Waals surface area (Å²) in [6.45, 7) is 0. The molecule has 0 fully saturated rings. The average molecular weight is 327 g/mol. The molecule has 120 valence electrons. The zero-order valence-corrected chi connectivity index (χ0v) is 13.1. The highest BCUT2D eigenvalue weighted by Gasteiger charge is 2.24. The fourth-order valence-electron chi connectivity index (χ4n) is 2.85. The van der Waals surface area contributed by atoms with E-state index in [1.165, 1.54) is 4.68 Å². The highest BCUT2D eigenvalue weighted by molar-refractivity contribution is 6.17. The van der Waals surface area contributed by atoms with Crippen molar-refractivity contribution in [3.05, 3.63) is 77.7 Å². The first kappa shape index (κ1) is 14.7. The molecule has 4 aromatic rings. The molecule has 4 rings (SSSR count). The quantitative estimate of drug-likeness (QED) is 0.565. The van der Waals surface area contributed by atoms with Crippen LogP contribution in [0.4, 0.5) is 5.69 Å². The summed E-state index contributed by atoms with van der Waals surface area (Å²) in [6.07, 6.45) is 1.64. The molecule has 0 atom stereocenters. The first-order valence-electron chi connectivity index (χ1n) is 7.65. The van der Waals surface area contributed by atoms with Gasteiger partial charge in [0.25, 0.3) is 0 Å². The van der Waals surface area contributed by atoms with Crippen molar-refractivity contribution in [2.24, 2.45) is 0 Å². The van der Waals surface area contributed by atoms with E-state index in [-0.39, 0.29) is 22.9 Å². The van der Waals surface area contributed by atoms with Crippen LogP contribution in [-0.4, -0.2) is 20.5 Å². The molecule has 3 N–H and O–H groups in total. The fraction of sp³-hybridized carbons (Fsp3) is 0. The van der Waals surface area contributed by atoms with Gasteiger partial charge < -0.3 is 10.7 Å². The van der Waals surface area contributed by atoms with Crippen LogP contribution >= 0.6 is 0 Å². The molecular weight excluding hydrogens is 314 g/mol. The maximum Gasteiger partial charge on any atom is 0.217 e. The van der Waals surface area contributed by atoms with Crippen molar-refractivity contribution in [3.63, 3.8) is 0 Å². The molecule has 0 bridgehead atoms. The Morgan fingerprint density at radius 1 is 1.12 bits per heavy atom. The number of benzene rings is 2. The lowest BCUT2D eigenvalue weighted by Crippen LogP contribution is -2.05. The SMILES string of the molecule is N#Cc1c(N)c(C(=O)c2c[nH]c3ccccc23)nn1-c1ccccc1. The monoisotopic (exact) mass is 327 g/mol. The summed E-state index contributed by atoms with van der Waals surface area (Å²) in [5, 5.41) is 14.6. The molecule has 0 amide bonds. The van der Waals surface area contributed by atoms with Crippen molar-refractivity contribution in [1.82, 2.24) is 14.8 Å². The molecule has 2 aromatic heterocycles. The number of aromatic amines is 1. The normalized spacial score (nSPS) is 10.7. The Bertz CT molecular complexity index is 1130. The summed E-state index contributed by atoms with van der Waals surface area (Å²) in [7, 11) is 0. The number of carbonyl (C=O) groups is 1. The van der Waals surface area contributed by atoms with Crippen molar-refractivity contribution >= 4 is 22.4 Å². The van der Waals surface area contributed by atoms with Crippen LogP contribution in [0.3, 0.4) is 0 Å². The van der Waals surface area contributed by atoms with E-state index in [0.29, 0.717) is 11.3 Å². The van der Waals surface area contributed by atoms with Gasteiger partial charge in [-0.2, -0.15) is 10.4 Å². The van der Waals surface area contributed by atoms with Gasteiger partial charge in [0.05, 0.1) is 5.69 Å². The zero-order valence-electron chi connectivity index (χ0n) is 13.1. The standard InChI is InChI=1S/C19H13N5O/c20-10-16-17(21)18(23-24(16)12-6-2-1-3-7-12)19(25)14-11-22-15-9-5-4-8-13(14)15/h1-9,11,22H,21H2. The largest absolute Gasteiger partial charge is 0.394 e. The fourth-order valence-corrected chi connectivity index (χ4v) is 2.85. The topological polar surface area (TPSA) is 100 Å². The Labute approximate surface area is 143 Å². The van der Waals surface area contributed by atoms with Gasteiger partial charge >= 0.3 is 0 Å². The summed E-state index contributed by atoms with van der Waals surface area (Å²) in [5.41, 5.74) is 8.37. The van der Waals surface area contributed by atoms with Crippen molar-refractivity contribution in [2.75, 3.05) is 5.73 Å². The van der Waals surface area contributed by atoms with E-state index in [9.17, 15) is 10.1 Å². The molecule has 6 nitrogen and oxygen atoms in total. The number of nitrogens with two attached hydrogens (primary N) is 1. The number of rotatable bonds is 3. The molecule has 0 aliphatic carbocycles. The molecule has 0 saturated carbocycles. The van der Waals surface area contributed by atoms with Crippen LogP contribution in [0, 0.1) is 11.3 Å². The van der Waals surface area contributed by atoms with Gasteiger partial charge in [-0.25, -0.2) is 4.68 Å². The summed E-state index contributed by atoms with van der Waals surface area (Å²) in [6, 6.07) is 18.6. The number of nitrogens with zero attached hydrogens (tertiary/aromatic N) is 3. The molecule has 6 heteroatoms. The predicted octanol–water partition coefficient (Wildman–Crippen LogP) is 3.04. The lowest BCUT2D eigenvalue weighted by atomic mass is 10.1. The molecule has 0 radical (unpaired) electrons. The van der Waals surface area contributed by atoms with Crippen molar-refractivity contribution < 1.29 is 4.79 Å². The lowest BCUT2D eigenvalue weighted by Gasteiger charge is -2.01. The summed E-state index contributed by atoms with van der Waals surface area (Å²) < 4.78 is 1.40. The van der Waals surface area contributed by atoms with Crippen LogP contribution in [0.1, 0.15) is 21.7 Å². The van der Waals surface area contributed by atoms with Crippen LogP contribution in [-0.2, 0) is 0 Å². The van der Waals surface area contributed by atoms with E-state index in [1.54, 1.807) is 18.3 Å². The van der Waals surface area contributed by atoms with Gasteiger partial charge in [0.15, 0.2) is 11.4 Å². The number of hydrogen-bond donors (Lipinski definition) is 2. The number of H-pyrrole nitrogens is 1. The molecule has 0 aliphatic rings. The molecule has 2 heterocycles. The summed E-state index contributed by atoms with van der Waals surface area (Å²) in [5.74, 6) is -0.318. The first-order valence-corrected chi connectivity index (χ1v) is 7.65. The number of ketones is 1. The third kappa shape index (κ3) is 2.26. The smallest absolute Gasteiger partial charge is 0.217 e. The second kappa shape index (κ2) is 5.65. The number of nitrogen functional groups attached to an aromatic ring is 1. The number of para-hydroxylation sites is 2. The van der Waals surface area contributed by atoms with Crippen molar-refractivity contribution in [1.29, 1.82) is 5.26 Å². The minimum Gasteiger partial charge on any atom is -0.394 e. The molecule has 0 spiro atoms. The minimum absolute atomic E-state index is 0.0742. The number of fused-ring (bicyclic) bond motifs is 1. The molecule has 0 unspecified atom stereocenters. The Hall–Kier alpha value is -3.85. The highest BCUT2D eigenvalue weighted by Crippen LogP contribution is 2.26. The third-order valence-electron chi connectivity index (χ3n) is 4.08. The Kier molecular flexibility index (Phi) is 3.33. The van der Waals surface area contributed by atoms with Gasteiger partial charge in [0.2, 0.25) is 5.78 Å². The Balaban J connectivity index is 1.88. The zero-order chi connectivity index (χ0) is 17.4. The van der Waals surface area contributed by atoms with Crippen molar-refractivity contribution in [2.45, 2.75) is 0 Å². The molecule has 2 aromatic carbocycles. The van der Waals surface area contributed by atoms with Crippen LogP contribution in [0.2, 0.25) is 0 Å². The third-order valence-corrected chi connectivity index (χ3v) is 4.08. The Morgan fingerprint density at radius 3 is 2.60 bits per heavy atom. The summed E-state index contributed by atoms with van der Waals surface area (Å²) >= 11 is 0. The van der Waals surface area contributed by atoms with Gasteiger partial charge in [-0.1, -0.05) is 36.4 Å². The van der Waals surface area contributed by atoms with Crippen LogP contribution in [0.25, 0.3) is 16.6 Å². The van der Waals surface area contributed by atoms with E-state index >= 15 is 0 Å². The van der Waals surface area contributed by atoms with E-state index in [0.717, 1.165) is 10.9 Å². The number of nitriles is 1. The number of anilines is 1. The number of aromatic nitrogens is 3. The first-order chi connectivity index (χ1) is 12.2. The number of nitrogens with one attached hydrogen (secondary N) is 1. The number of carbonyl (C=O) groups excluding carboxylic acids is 1. The maximum absolute atomic E-state index is 13.0. The maximum atomic E-state index is 13.0. The average Bonchev–Trinajstić information content (AvgIpc) is 3.23. The minimum atomic E-state index is -0.318. The van der Waals surface area contributed by atoms with Crippen LogP contribution in [0.15, 0.2) is 60.8 Å². The van der Waals surface area contributed by atoms with Gasteiger partial charge in [0.1, 0.15) is 11.8 Å². The highest BCUT2D eigenvalue weighted by atomic mass is 16.1. The van der Waals surface area contributed by atoms with E-state index in [4.69, 9.17) is 5.73 Å². The van der Waals surface area contributed by atoms with Gasteiger partial charge in [-0.15, -0.1) is 0 Å². The molecule has 0 aliphatic heterocycles. The lowest BCUT2D eigenvalue weighted by molar-refractivity contribution is 0.103. The van der Waals surface area contributed by atoms with Crippen LogP contribution in [0.5, 0.6) is 0 Å². The molecule has 25 heavy (non-hydrogen) atoms. The van der Waals surface area contributed by atoms with E-state index < -0.39 is 0 Å².